The summed E-state index contributed by atoms with van der Waals surface area (Å²) in [6, 6.07) is -0.480. The summed E-state index contributed by atoms with van der Waals surface area (Å²) in [7, 11) is 0. The van der Waals surface area contributed by atoms with Crippen LogP contribution in [-0.4, -0.2) is 28.4 Å². The normalized spacial score (nSPS) is 26.0. The topological polar surface area (TPSA) is 49.7 Å². The first-order valence-corrected chi connectivity index (χ1v) is 3.71. The van der Waals surface area contributed by atoms with E-state index in [4.69, 9.17) is 5.11 Å². The van der Waals surface area contributed by atoms with Crippen LogP contribution in [0.3, 0.4) is 0 Å². The number of hydrogen-bond donors (Lipinski definition) is 1. The molecule has 0 fully saturated rings. The van der Waals surface area contributed by atoms with Crippen LogP contribution in [0.1, 0.15) is 6.42 Å². The summed E-state index contributed by atoms with van der Waals surface area (Å²) in [4.78, 5) is 14.0. The Bertz CT molecular complexity index is 146. The minimum Gasteiger partial charge on any atom is -0.480 e. The molecule has 1 aliphatic heterocycles. The number of carboxylic acids is 1. The van der Waals surface area contributed by atoms with Crippen molar-refractivity contribution in [2.45, 2.75) is 12.5 Å². The lowest BCUT2D eigenvalue weighted by Gasteiger charge is -2.09. The Labute approximate surface area is 57.2 Å². The molecule has 0 saturated carbocycles. The highest BCUT2D eigenvalue weighted by molar-refractivity contribution is 8.12. The van der Waals surface area contributed by atoms with Crippen molar-refractivity contribution in [1.82, 2.24) is 0 Å². The Hall–Kier alpha value is -0.510. The third-order valence-corrected chi connectivity index (χ3v) is 1.85. The lowest BCUT2D eigenvalue weighted by atomic mass is 10.2. The first-order valence-electron chi connectivity index (χ1n) is 2.67. The molecule has 0 aromatic heterocycles. The van der Waals surface area contributed by atoms with Crippen LogP contribution >= 0.6 is 11.8 Å². The zero-order chi connectivity index (χ0) is 6.69. The average Bonchev–Trinajstić information content (AvgIpc) is 1.90. The lowest BCUT2D eigenvalue weighted by Crippen LogP contribution is -2.20. The van der Waals surface area contributed by atoms with Crippen LogP contribution in [0.4, 0.5) is 0 Å². The van der Waals surface area contributed by atoms with Crippen molar-refractivity contribution >= 4 is 23.3 Å². The van der Waals surface area contributed by atoms with E-state index in [1.54, 1.807) is 17.3 Å². The van der Waals surface area contributed by atoms with Gasteiger partial charge in [0.15, 0.2) is 0 Å². The van der Waals surface area contributed by atoms with Crippen LogP contribution in [-0.2, 0) is 4.79 Å². The van der Waals surface area contributed by atoms with Crippen LogP contribution < -0.4 is 0 Å². The van der Waals surface area contributed by atoms with Gasteiger partial charge in [0.1, 0.15) is 6.04 Å². The Morgan fingerprint density at radius 1 is 1.89 bits per heavy atom. The number of rotatable bonds is 1. The van der Waals surface area contributed by atoms with Crippen LogP contribution in [0.15, 0.2) is 4.99 Å². The summed E-state index contributed by atoms with van der Waals surface area (Å²) in [6.07, 6.45) is 0.663. The molecule has 0 bridgehead atoms. The van der Waals surface area contributed by atoms with Gasteiger partial charge in [0.2, 0.25) is 0 Å². The third-order valence-electron chi connectivity index (χ3n) is 1.11. The van der Waals surface area contributed by atoms with E-state index in [1.807, 2.05) is 0 Å². The molecule has 1 N–H and O–H groups in total. The Morgan fingerprint density at radius 2 is 2.67 bits per heavy atom. The van der Waals surface area contributed by atoms with Crippen molar-refractivity contribution in [2.75, 3.05) is 5.75 Å². The average molecular weight is 145 g/mol. The van der Waals surface area contributed by atoms with E-state index in [1.165, 1.54) is 0 Å². The standard InChI is InChI=1S/C5H7NO2S/c7-5(8)4-1-2-9-3-6-4/h3-4H,1-2H2,(H,7,8)/t4-/m0/s1. The van der Waals surface area contributed by atoms with Gasteiger partial charge in [0.25, 0.3) is 0 Å². The van der Waals surface area contributed by atoms with Gasteiger partial charge in [-0.05, 0) is 6.42 Å². The van der Waals surface area contributed by atoms with E-state index in [0.29, 0.717) is 6.42 Å². The summed E-state index contributed by atoms with van der Waals surface area (Å²) < 4.78 is 0. The molecule has 50 valence electrons. The Morgan fingerprint density at radius 3 is 3.00 bits per heavy atom. The van der Waals surface area contributed by atoms with Gasteiger partial charge in [-0.15, -0.1) is 11.8 Å². The number of hydrogen-bond acceptors (Lipinski definition) is 3. The summed E-state index contributed by atoms with van der Waals surface area (Å²) in [5.74, 6) is 0.0621. The first-order chi connectivity index (χ1) is 4.30. The van der Waals surface area contributed by atoms with Crippen LogP contribution in [0, 0.1) is 0 Å². The molecule has 1 rings (SSSR count). The van der Waals surface area contributed by atoms with Gasteiger partial charge in [0, 0.05) is 5.75 Å². The molecule has 3 nitrogen and oxygen atoms in total. The quantitative estimate of drug-likeness (QED) is 0.588. The second-order valence-electron chi connectivity index (χ2n) is 1.77. The largest absolute Gasteiger partial charge is 0.480 e. The van der Waals surface area contributed by atoms with Crippen molar-refractivity contribution in [1.29, 1.82) is 0 Å². The maximum Gasteiger partial charge on any atom is 0.328 e. The Kier molecular flexibility index (Phi) is 2.10. The second kappa shape index (κ2) is 2.87. The van der Waals surface area contributed by atoms with E-state index in [2.05, 4.69) is 4.99 Å². The van der Waals surface area contributed by atoms with Crippen molar-refractivity contribution in [2.24, 2.45) is 4.99 Å². The first kappa shape index (κ1) is 6.61. The fraction of sp³-hybridized carbons (Fsp3) is 0.600. The number of carboxylic acid groups (broad SMARTS) is 1. The van der Waals surface area contributed by atoms with Crippen LogP contribution in [0.2, 0.25) is 0 Å². The SMILES string of the molecule is O=C(O)[C@@H]1CCSC=N1. The summed E-state index contributed by atoms with van der Waals surface area (Å²) >= 11 is 1.56. The second-order valence-corrected chi connectivity index (χ2v) is 2.72. The van der Waals surface area contributed by atoms with E-state index in [9.17, 15) is 4.79 Å². The van der Waals surface area contributed by atoms with Gasteiger partial charge >= 0.3 is 5.97 Å². The summed E-state index contributed by atoms with van der Waals surface area (Å²) in [5.41, 5.74) is 1.61. The molecule has 0 spiro atoms. The molecule has 0 unspecified atom stereocenters. The summed E-state index contributed by atoms with van der Waals surface area (Å²) in [5, 5.41) is 8.42. The number of aliphatic carboxylic acids is 1. The highest BCUT2D eigenvalue weighted by Crippen LogP contribution is 2.11. The molecule has 9 heavy (non-hydrogen) atoms. The van der Waals surface area contributed by atoms with Gasteiger partial charge < -0.3 is 5.11 Å². The zero-order valence-corrected chi connectivity index (χ0v) is 5.60. The molecule has 1 heterocycles. The molecule has 1 aliphatic rings. The Balaban J connectivity index is 2.50. The molecule has 0 amide bonds. The molecular weight excluding hydrogens is 138 g/mol. The monoisotopic (exact) mass is 145 g/mol. The summed E-state index contributed by atoms with van der Waals surface area (Å²) in [6.45, 7) is 0. The smallest absolute Gasteiger partial charge is 0.328 e. The zero-order valence-electron chi connectivity index (χ0n) is 4.78. The maximum absolute atomic E-state index is 10.2. The molecular formula is C5H7NO2S. The number of carbonyl (C=O) groups is 1. The van der Waals surface area contributed by atoms with Crippen molar-refractivity contribution < 1.29 is 9.90 Å². The van der Waals surface area contributed by atoms with E-state index in [0.717, 1.165) is 5.75 Å². The minimum absolute atomic E-state index is 0.480. The van der Waals surface area contributed by atoms with Crippen LogP contribution in [0.5, 0.6) is 0 Å². The van der Waals surface area contributed by atoms with Gasteiger partial charge in [-0.25, -0.2) is 4.79 Å². The van der Waals surface area contributed by atoms with Crippen molar-refractivity contribution in [3.63, 3.8) is 0 Å². The number of aliphatic imine (C=N–C) groups is 1. The fourth-order valence-electron chi connectivity index (χ4n) is 0.611. The van der Waals surface area contributed by atoms with Gasteiger partial charge in [-0.2, -0.15) is 0 Å². The number of nitrogens with zero attached hydrogens (tertiary/aromatic N) is 1. The highest BCUT2D eigenvalue weighted by atomic mass is 32.2. The molecule has 0 aliphatic carbocycles. The lowest BCUT2D eigenvalue weighted by molar-refractivity contribution is -0.138. The van der Waals surface area contributed by atoms with Gasteiger partial charge in [0.05, 0.1) is 5.55 Å². The van der Waals surface area contributed by atoms with Crippen molar-refractivity contribution in [3.05, 3.63) is 0 Å². The molecule has 0 aromatic rings. The van der Waals surface area contributed by atoms with E-state index < -0.39 is 12.0 Å². The van der Waals surface area contributed by atoms with Gasteiger partial charge in [-0.3, -0.25) is 4.99 Å². The third kappa shape index (κ3) is 1.71. The van der Waals surface area contributed by atoms with Crippen LogP contribution in [0.25, 0.3) is 0 Å². The van der Waals surface area contributed by atoms with Crippen molar-refractivity contribution in [3.8, 4) is 0 Å². The molecule has 0 saturated heterocycles. The maximum atomic E-state index is 10.2. The number of thioether (sulfide) groups is 1. The highest BCUT2D eigenvalue weighted by Gasteiger charge is 2.16. The minimum atomic E-state index is -0.813. The molecule has 0 radical (unpaired) electrons. The van der Waals surface area contributed by atoms with Gasteiger partial charge in [-0.1, -0.05) is 0 Å². The fourth-order valence-corrected chi connectivity index (χ4v) is 1.31. The predicted molar refractivity (Wildman–Crippen MR) is 37.0 cm³/mol. The molecule has 4 heteroatoms. The molecule has 1 atom stereocenters. The predicted octanol–water partition coefficient (Wildman–Crippen LogP) is 0.605. The van der Waals surface area contributed by atoms with E-state index >= 15 is 0 Å². The van der Waals surface area contributed by atoms with E-state index in [-0.39, 0.29) is 0 Å². The molecule has 0 aromatic carbocycles.